The van der Waals surface area contributed by atoms with Crippen molar-refractivity contribution < 1.29 is 59.3 Å². The minimum atomic E-state index is -5.53. The molecule has 39 heavy (non-hydrogen) atoms. The summed E-state index contributed by atoms with van der Waals surface area (Å²) in [6.07, 6.45) is -5.75. The Morgan fingerprint density at radius 2 is 1.59 bits per heavy atom. The van der Waals surface area contributed by atoms with Crippen LogP contribution in [0.15, 0.2) is 52.5 Å². The second kappa shape index (κ2) is 13.6. The highest BCUT2D eigenvalue weighted by Crippen LogP contribution is 2.21. The fourth-order valence-corrected chi connectivity index (χ4v) is 4.06. The van der Waals surface area contributed by atoms with Crippen molar-refractivity contribution >= 4 is 27.9 Å². The highest BCUT2D eigenvalue weighted by molar-refractivity contribution is 7.89. The maximum absolute atomic E-state index is 14.1. The Labute approximate surface area is 217 Å². The topological polar surface area (TPSA) is 182 Å². The smallest absolute Gasteiger partial charge is 0.493 e. The van der Waals surface area contributed by atoms with Gasteiger partial charge in [0.25, 0.3) is 0 Å². The molecule has 0 saturated heterocycles. The van der Waals surface area contributed by atoms with Crippen LogP contribution in [0.5, 0.6) is 5.75 Å². The number of hydrogen-bond acceptors (Lipinski definition) is 9. The second-order valence-corrected chi connectivity index (χ2v) is 9.05. The molecule has 18 heteroatoms. The molecule has 0 heterocycles. The van der Waals surface area contributed by atoms with Crippen molar-refractivity contribution in [1.82, 2.24) is 4.72 Å². The van der Waals surface area contributed by atoms with Gasteiger partial charge >= 0.3 is 18.1 Å². The molecule has 0 fully saturated rings. The zero-order valence-electron chi connectivity index (χ0n) is 19.6. The van der Waals surface area contributed by atoms with Gasteiger partial charge in [0.15, 0.2) is 4.90 Å². The first-order chi connectivity index (χ1) is 18.2. The molecule has 12 nitrogen and oxygen atoms in total. The second-order valence-electron chi connectivity index (χ2n) is 7.40. The van der Waals surface area contributed by atoms with Gasteiger partial charge in [0.05, 0.1) is 6.61 Å². The third kappa shape index (κ3) is 9.89. The number of nitrogens with two attached hydrogens (primary N) is 2. The predicted octanol–water partition coefficient (Wildman–Crippen LogP) is 1.39. The number of alkyl halides is 3. The van der Waals surface area contributed by atoms with Crippen molar-refractivity contribution in [2.45, 2.75) is 30.0 Å². The fraction of sp³-hybridized carbons (Fsp3) is 0.286. The molecule has 0 aliphatic carbocycles. The van der Waals surface area contributed by atoms with E-state index in [4.69, 9.17) is 21.0 Å². The lowest BCUT2D eigenvalue weighted by Gasteiger charge is -2.17. The van der Waals surface area contributed by atoms with Gasteiger partial charge in [-0.2, -0.15) is 17.9 Å². The highest BCUT2D eigenvalue weighted by atomic mass is 32.2. The highest BCUT2D eigenvalue weighted by Gasteiger charge is 2.43. The number of halogens is 5. The van der Waals surface area contributed by atoms with Crippen molar-refractivity contribution in [3.05, 3.63) is 59.7 Å². The fourth-order valence-electron chi connectivity index (χ4n) is 2.73. The molecule has 0 saturated carbocycles. The van der Waals surface area contributed by atoms with Gasteiger partial charge in [-0.25, -0.2) is 36.6 Å². The van der Waals surface area contributed by atoms with E-state index in [-0.39, 0.29) is 24.7 Å². The first kappa shape index (κ1) is 31.0. The van der Waals surface area contributed by atoms with E-state index in [1.807, 2.05) is 0 Å². The summed E-state index contributed by atoms with van der Waals surface area (Å²) < 4.78 is 97.5. The van der Waals surface area contributed by atoms with Crippen LogP contribution in [0.4, 0.5) is 22.0 Å². The Morgan fingerprint density at radius 3 is 2.15 bits per heavy atom. The summed E-state index contributed by atoms with van der Waals surface area (Å²) in [5.74, 6) is -7.66. The van der Waals surface area contributed by atoms with E-state index in [1.54, 1.807) is 4.72 Å². The summed E-state index contributed by atoms with van der Waals surface area (Å²) in [6, 6.07) is 5.56. The molecule has 2 rings (SSSR count). The number of nitrogens with zero attached hydrogens (tertiary/aromatic N) is 1. The summed E-state index contributed by atoms with van der Waals surface area (Å²) in [5.41, 5.74) is 10.4. The van der Waals surface area contributed by atoms with Gasteiger partial charge < -0.3 is 21.0 Å². The van der Waals surface area contributed by atoms with Crippen molar-refractivity contribution in [1.29, 1.82) is 0 Å². The number of nitrogens with one attached hydrogen (secondary N) is 1. The first-order valence-electron chi connectivity index (χ1n) is 10.6. The van der Waals surface area contributed by atoms with Crippen LogP contribution in [0, 0.1) is 11.6 Å². The Morgan fingerprint density at radius 1 is 0.974 bits per heavy atom. The number of ether oxygens (including phenoxy) is 1. The lowest BCUT2D eigenvalue weighted by molar-refractivity contribution is -0.286. The summed E-state index contributed by atoms with van der Waals surface area (Å²) in [6.45, 7) is 0.314. The van der Waals surface area contributed by atoms with E-state index in [9.17, 15) is 40.0 Å². The van der Waals surface area contributed by atoms with E-state index in [1.165, 1.54) is 24.3 Å². The molecule has 0 aliphatic heterocycles. The molecule has 0 spiro atoms. The van der Waals surface area contributed by atoms with E-state index in [0.717, 1.165) is 6.07 Å². The Kier molecular flexibility index (Phi) is 10.8. The molecule has 5 N–H and O–H groups in total. The normalized spacial score (nSPS) is 12.2. The molecule has 0 amide bonds. The zero-order valence-corrected chi connectivity index (χ0v) is 20.4. The van der Waals surface area contributed by atoms with Crippen LogP contribution in [-0.2, 0) is 40.6 Å². The number of carbonyl (C=O) groups is 2. The van der Waals surface area contributed by atoms with Crippen molar-refractivity contribution in [3.63, 3.8) is 0 Å². The molecule has 2 aromatic rings. The van der Waals surface area contributed by atoms with Crippen molar-refractivity contribution in [3.8, 4) is 5.75 Å². The Hall–Kier alpha value is -4.19. The predicted molar refractivity (Wildman–Crippen MR) is 121 cm³/mol. The zero-order chi connectivity index (χ0) is 29.2. The summed E-state index contributed by atoms with van der Waals surface area (Å²) in [7, 11) is -5.11. The largest absolute Gasteiger partial charge is 0.495 e. The van der Waals surface area contributed by atoms with Gasteiger partial charge in [0, 0.05) is 6.42 Å². The number of rotatable bonds is 12. The maximum atomic E-state index is 14.1. The molecule has 1 atom stereocenters. The quantitative estimate of drug-likeness (QED) is 0.0824. The lowest BCUT2D eigenvalue weighted by atomic mass is 10.1. The van der Waals surface area contributed by atoms with Crippen LogP contribution in [-0.4, -0.2) is 51.7 Å². The number of sulfonamides is 1. The van der Waals surface area contributed by atoms with E-state index in [0.29, 0.717) is 24.3 Å². The van der Waals surface area contributed by atoms with Crippen LogP contribution < -0.4 is 20.9 Å². The van der Waals surface area contributed by atoms with Crippen LogP contribution in [0.3, 0.4) is 0 Å². The molecule has 214 valence electrons. The number of guanidine groups is 1. The van der Waals surface area contributed by atoms with Crippen LogP contribution in [0.1, 0.15) is 12.0 Å². The van der Waals surface area contributed by atoms with Gasteiger partial charge in [-0.3, -0.25) is 0 Å². The van der Waals surface area contributed by atoms with E-state index in [2.05, 4.69) is 14.9 Å². The third-order valence-electron chi connectivity index (χ3n) is 4.38. The summed E-state index contributed by atoms with van der Waals surface area (Å²) >= 11 is 0. The van der Waals surface area contributed by atoms with Gasteiger partial charge in [-0.05, 0) is 41.4 Å². The van der Waals surface area contributed by atoms with E-state index >= 15 is 0 Å². The molecule has 0 unspecified atom stereocenters. The molecule has 0 radical (unpaired) electrons. The number of hydrogen-bond donors (Lipinski definition) is 3. The molecule has 0 aliphatic rings. The molecular weight excluding hydrogens is 563 g/mol. The Bertz CT molecular complexity index is 1270. The average molecular weight is 584 g/mol. The SMILES string of the molecule is NC(N)=NOCCCOc1ccc(C[C@H](NS(=O)(=O)c2c(F)cccc2F)C(=O)OOC(=O)C(F)(F)F)cc1. The van der Waals surface area contributed by atoms with Crippen molar-refractivity contribution in [2.24, 2.45) is 16.6 Å². The molecule has 2 aromatic carbocycles. The van der Waals surface area contributed by atoms with Gasteiger partial charge in [-0.15, -0.1) is 0 Å². The molecule has 0 bridgehead atoms. The van der Waals surface area contributed by atoms with Gasteiger partial charge in [-0.1, -0.05) is 18.2 Å². The van der Waals surface area contributed by atoms with E-state index < -0.39 is 57.1 Å². The first-order valence-corrected chi connectivity index (χ1v) is 12.1. The van der Waals surface area contributed by atoms with Crippen LogP contribution >= 0.6 is 0 Å². The van der Waals surface area contributed by atoms with Gasteiger partial charge in [0.2, 0.25) is 16.0 Å². The summed E-state index contributed by atoms with van der Waals surface area (Å²) in [4.78, 5) is 33.8. The van der Waals surface area contributed by atoms with Crippen LogP contribution in [0.2, 0.25) is 0 Å². The van der Waals surface area contributed by atoms with Crippen LogP contribution in [0.25, 0.3) is 0 Å². The maximum Gasteiger partial charge on any atom is 0.495 e. The minimum Gasteiger partial charge on any atom is -0.493 e. The third-order valence-corrected chi connectivity index (χ3v) is 5.90. The lowest BCUT2D eigenvalue weighted by Crippen LogP contribution is -2.44. The number of carbonyl (C=O) groups excluding carboxylic acids is 2. The molecular formula is C21H21F5N4O8S. The van der Waals surface area contributed by atoms with Gasteiger partial charge in [0.1, 0.15) is 30.0 Å². The number of oxime groups is 1. The summed E-state index contributed by atoms with van der Waals surface area (Å²) in [5, 5.41) is 3.32. The standard InChI is InChI=1S/C21H21F5N4O8S/c22-14-3-1-4-15(23)17(14)39(33,34)30-16(18(31)37-38-19(32)21(24,25)26)11-12-5-7-13(8-6-12)35-9-2-10-36-29-20(27)28/h1,3-8,16,30H,2,9-11H2,(H4,27,28,29)/t16-/m0/s1. The molecule has 0 aromatic heterocycles. The minimum absolute atomic E-state index is 0.140. The number of benzene rings is 2. The Balaban J connectivity index is 2.15. The van der Waals surface area contributed by atoms with Crippen molar-refractivity contribution in [2.75, 3.05) is 13.2 Å². The average Bonchev–Trinajstić information content (AvgIpc) is 2.83. The monoisotopic (exact) mass is 584 g/mol.